The summed E-state index contributed by atoms with van der Waals surface area (Å²) in [6.45, 7) is 4.79. The van der Waals surface area contributed by atoms with Crippen molar-refractivity contribution in [1.29, 1.82) is 0 Å². The highest BCUT2D eigenvalue weighted by Crippen LogP contribution is 2.38. The van der Waals surface area contributed by atoms with Gasteiger partial charge in [-0.05, 0) is 37.1 Å². The first-order valence-electron chi connectivity index (χ1n) is 11.1. The predicted molar refractivity (Wildman–Crippen MR) is 136 cm³/mol. The Hall–Kier alpha value is -3.35. The van der Waals surface area contributed by atoms with Gasteiger partial charge in [-0.1, -0.05) is 66.2 Å². The van der Waals surface area contributed by atoms with Crippen molar-refractivity contribution < 1.29 is 14.3 Å². The minimum Gasteiger partial charge on any atom is -0.383 e. The first kappa shape index (κ1) is 25.3. The Morgan fingerprint density at radius 1 is 1.00 bits per heavy atom. The standard InChI is InChI=1S/C27H30ClN3O3/c1-18-23(26(32)29-14-8-11-20-9-5-4-6-10-20)25(21-12-7-13-22(28)17-21)24(19(2)31-18)27(33)30-15-16-34-3/h4-13,17,25,31H,14-16H2,1-3H3,(H,29,32)(H,30,33)/b11-8+. The smallest absolute Gasteiger partial charge is 0.250 e. The number of rotatable bonds is 9. The second-order valence-corrected chi connectivity index (χ2v) is 8.40. The van der Waals surface area contributed by atoms with Crippen molar-refractivity contribution in [1.82, 2.24) is 16.0 Å². The molecule has 3 N–H and O–H groups in total. The van der Waals surface area contributed by atoms with Gasteiger partial charge >= 0.3 is 0 Å². The molecule has 34 heavy (non-hydrogen) atoms. The van der Waals surface area contributed by atoms with E-state index in [4.69, 9.17) is 16.3 Å². The molecular weight excluding hydrogens is 450 g/mol. The van der Waals surface area contributed by atoms with Crippen molar-refractivity contribution in [3.05, 3.63) is 99.4 Å². The molecule has 7 heteroatoms. The lowest BCUT2D eigenvalue weighted by atomic mass is 9.79. The molecule has 1 aliphatic rings. The SMILES string of the molecule is COCCNC(=O)C1=C(C)NC(C)=C(C(=O)NC/C=C/c2ccccc2)C1c1cccc(Cl)c1. The highest BCUT2D eigenvalue weighted by atomic mass is 35.5. The molecule has 1 unspecified atom stereocenters. The van der Waals surface area contributed by atoms with Gasteiger partial charge in [0.15, 0.2) is 0 Å². The van der Waals surface area contributed by atoms with E-state index in [0.29, 0.717) is 47.3 Å². The van der Waals surface area contributed by atoms with Crippen LogP contribution in [0.1, 0.15) is 30.9 Å². The van der Waals surface area contributed by atoms with Gasteiger partial charge in [-0.15, -0.1) is 0 Å². The van der Waals surface area contributed by atoms with Crippen LogP contribution in [0.15, 0.2) is 83.2 Å². The lowest BCUT2D eigenvalue weighted by Gasteiger charge is -2.31. The molecule has 1 aliphatic heterocycles. The van der Waals surface area contributed by atoms with Crippen molar-refractivity contribution >= 4 is 29.5 Å². The van der Waals surface area contributed by atoms with Gasteiger partial charge in [0.25, 0.3) is 0 Å². The summed E-state index contributed by atoms with van der Waals surface area (Å²) in [6, 6.07) is 17.1. The number of nitrogens with one attached hydrogen (secondary N) is 3. The van der Waals surface area contributed by atoms with Gasteiger partial charge in [0, 0.05) is 53.7 Å². The van der Waals surface area contributed by atoms with Crippen LogP contribution in [0.5, 0.6) is 0 Å². The second-order valence-electron chi connectivity index (χ2n) is 7.96. The molecule has 2 aromatic rings. The summed E-state index contributed by atoms with van der Waals surface area (Å²) in [5.41, 5.74) is 4.18. The minimum atomic E-state index is -0.569. The molecule has 0 spiro atoms. The summed E-state index contributed by atoms with van der Waals surface area (Å²) < 4.78 is 5.05. The van der Waals surface area contributed by atoms with Gasteiger partial charge in [-0.25, -0.2) is 0 Å². The summed E-state index contributed by atoms with van der Waals surface area (Å²) in [4.78, 5) is 26.6. The highest BCUT2D eigenvalue weighted by molar-refractivity contribution is 6.30. The first-order valence-corrected chi connectivity index (χ1v) is 11.5. The Bertz CT molecular complexity index is 1120. The molecule has 0 radical (unpaired) electrons. The molecule has 2 aromatic carbocycles. The third-order valence-electron chi connectivity index (χ3n) is 5.51. The summed E-state index contributed by atoms with van der Waals surface area (Å²) in [5.74, 6) is -1.07. The van der Waals surface area contributed by atoms with Crippen molar-refractivity contribution in [2.45, 2.75) is 19.8 Å². The van der Waals surface area contributed by atoms with E-state index in [0.717, 1.165) is 11.1 Å². The number of carbonyl (C=O) groups excluding carboxylic acids is 2. The maximum Gasteiger partial charge on any atom is 0.250 e. The second kappa shape index (κ2) is 12.2. The normalized spacial score (nSPS) is 15.9. The molecule has 0 saturated carbocycles. The Balaban J connectivity index is 1.88. The molecule has 6 nitrogen and oxygen atoms in total. The zero-order chi connectivity index (χ0) is 24.5. The van der Waals surface area contributed by atoms with E-state index < -0.39 is 5.92 Å². The quantitative estimate of drug-likeness (QED) is 0.472. The van der Waals surface area contributed by atoms with Gasteiger partial charge in [-0.3, -0.25) is 9.59 Å². The van der Waals surface area contributed by atoms with Gasteiger partial charge in [0.1, 0.15) is 0 Å². The summed E-state index contributed by atoms with van der Waals surface area (Å²) >= 11 is 6.28. The Morgan fingerprint density at radius 3 is 2.32 bits per heavy atom. The van der Waals surface area contributed by atoms with E-state index >= 15 is 0 Å². The van der Waals surface area contributed by atoms with Gasteiger partial charge in [0.05, 0.1) is 6.61 Å². The third kappa shape index (κ3) is 6.37. The predicted octanol–water partition coefficient (Wildman–Crippen LogP) is 4.17. The topological polar surface area (TPSA) is 79.5 Å². The van der Waals surface area contributed by atoms with Crippen LogP contribution >= 0.6 is 11.6 Å². The summed E-state index contributed by atoms with van der Waals surface area (Å²) in [5, 5.41) is 9.60. The first-order chi connectivity index (χ1) is 16.4. The molecule has 1 heterocycles. The molecule has 0 saturated heterocycles. The maximum absolute atomic E-state index is 13.4. The number of hydrogen-bond acceptors (Lipinski definition) is 4. The number of methoxy groups -OCH3 is 1. The number of ether oxygens (including phenoxy) is 1. The van der Waals surface area contributed by atoms with Gasteiger partial charge < -0.3 is 20.7 Å². The molecule has 0 aliphatic carbocycles. The molecule has 0 bridgehead atoms. The van der Waals surface area contributed by atoms with E-state index in [1.807, 2.05) is 68.5 Å². The molecule has 178 valence electrons. The Labute approximate surface area is 205 Å². The number of halogens is 1. The lowest BCUT2D eigenvalue weighted by molar-refractivity contribution is -0.118. The van der Waals surface area contributed by atoms with Crippen LogP contribution in [-0.2, 0) is 14.3 Å². The fourth-order valence-corrected chi connectivity index (χ4v) is 4.18. The fraction of sp³-hybridized carbons (Fsp3) is 0.259. The zero-order valence-electron chi connectivity index (χ0n) is 19.7. The Kier molecular flexibility index (Phi) is 9.08. The van der Waals surface area contributed by atoms with Crippen molar-refractivity contribution in [2.75, 3.05) is 26.8 Å². The summed E-state index contributed by atoms with van der Waals surface area (Å²) in [6.07, 6.45) is 3.85. The van der Waals surface area contributed by atoms with Crippen LogP contribution in [0, 0.1) is 0 Å². The van der Waals surface area contributed by atoms with E-state index in [-0.39, 0.29) is 11.8 Å². The highest BCUT2D eigenvalue weighted by Gasteiger charge is 2.36. The number of hydrogen-bond donors (Lipinski definition) is 3. The van der Waals surface area contributed by atoms with Crippen LogP contribution in [-0.4, -0.2) is 38.6 Å². The Morgan fingerprint density at radius 2 is 1.68 bits per heavy atom. The van der Waals surface area contributed by atoms with Crippen LogP contribution in [0.4, 0.5) is 0 Å². The average Bonchev–Trinajstić information content (AvgIpc) is 2.82. The molecule has 2 amide bonds. The summed E-state index contributed by atoms with van der Waals surface area (Å²) in [7, 11) is 1.58. The molecular formula is C27H30ClN3O3. The maximum atomic E-state index is 13.4. The molecule has 0 aromatic heterocycles. The number of carbonyl (C=O) groups is 2. The van der Waals surface area contributed by atoms with E-state index in [1.54, 1.807) is 19.2 Å². The van der Waals surface area contributed by atoms with Gasteiger partial charge in [0.2, 0.25) is 11.8 Å². The van der Waals surface area contributed by atoms with E-state index in [9.17, 15) is 9.59 Å². The average molecular weight is 480 g/mol. The van der Waals surface area contributed by atoms with Crippen molar-refractivity contribution in [2.24, 2.45) is 0 Å². The fourth-order valence-electron chi connectivity index (χ4n) is 3.98. The largest absolute Gasteiger partial charge is 0.383 e. The lowest BCUT2D eigenvalue weighted by Crippen LogP contribution is -2.39. The zero-order valence-corrected chi connectivity index (χ0v) is 20.4. The molecule has 0 fully saturated rings. The number of dihydropyridines is 1. The molecule has 3 rings (SSSR count). The van der Waals surface area contributed by atoms with Crippen LogP contribution in [0.2, 0.25) is 5.02 Å². The van der Waals surface area contributed by atoms with Gasteiger partial charge in [-0.2, -0.15) is 0 Å². The monoisotopic (exact) mass is 479 g/mol. The molecule has 1 atom stereocenters. The van der Waals surface area contributed by atoms with Crippen LogP contribution in [0.3, 0.4) is 0 Å². The van der Waals surface area contributed by atoms with Crippen LogP contribution < -0.4 is 16.0 Å². The van der Waals surface area contributed by atoms with Crippen molar-refractivity contribution in [3.63, 3.8) is 0 Å². The van der Waals surface area contributed by atoms with Crippen LogP contribution in [0.25, 0.3) is 6.08 Å². The van der Waals surface area contributed by atoms with E-state index in [1.165, 1.54) is 0 Å². The number of benzene rings is 2. The minimum absolute atomic E-state index is 0.248. The van der Waals surface area contributed by atoms with E-state index in [2.05, 4.69) is 16.0 Å². The number of amides is 2. The third-order valence-corrected chi connectivity index (χ3v) is 5.75. The van der Waals surface area contributed by atoms with Crippen molar-refractivity contribution in [3.8, 4) is 0 Å². The number of allylic oxidation sites excluding steroid dienone is 2.